The van der Waals surface area contributed by atoms with Gasteiger partial charge in [0.15, 0.2) is 0 Å². The molecule has 0 N–H and O–H groups in total. The molecule has 0 saturated heterocycles. The average Bonchev–Trinajstić information content (AvgIpc) is 2.31. The summed E-state index contributed by atoms with van der Waals surface area (Å²) in [5.41, 5.74) is 0. The first kappa shape index (κ1) is 11.5. The quantitative estimate of drug-likeness (QED) is 0.612. The normalized spacial score (nSPS) is 27.8. The van der Waals surface area contributed by atoms with Crippen molar-refractivity contribution >= 4 is 0 Å². The third kappa shape index (κ3) is 3.50. The first-order valence-electron chi connectivity index (χ1n) is 7.19. The van der Waals surface area contributed by atoms with Gasteiger partial charge in [0.1, 0.15) is 0 Å². The SMILES string of the molecule is [CH2]C(CC1CCCCC1)C1CCCCC1. The van der Waals surface area contributed by atoms with E-state index < -0.39 is 0 Å². The fourth-order valence-electron chi connectivity index (χ4n) is 3.65. The summed E-state index contributed by atoms with van der Waals surface area (Å²) in [5, 5.41) is 0. The van der Waals surface area contributed by atoms with E-state index in [9.17, 15) is 0 Å². The lowest BCUT2D eigenvalue weighted by Gasteiger charge is -2.31. The van der Waals surface area contributed by atoms with Gasteiger partial charge < -0.3 is 0 Å². The maximum Gasteiger partial charge on any atom is -0.0383 e. The minimum absolute atomic E-state index is 0.772. The summed E-state index contributed by atoms with van der Waals surface area (Å²) in [6.07, 6.45) is 16.3. The smallest absolute Gasteiger partial charge is 0.0383 e. The lowest BCUT2D eigenvalue weighted by molar-refractivity contribution is 0.221. The van der Waals surface area contributed by atoms with E-state index >= 15 is 0 Å². The highest BCUT2D eigenvalue weighted by atomic mass is 14.3. The van der Waals surface area contributed by atoms with Crippen LogP contribution in [-0.4, -0.2) is 0 Å². The second-order valence-electron chi connectivity index (χ2n) is 5.90. The van der Waals surface area contributed by atoms with Gasteiger partial charge in [-0.05, 0) is 31.1 Å². The van der Waals surface area contributed by atoms with Crippen LogP contribution in [0.5, 0.6) is 0 Å². The van der Waals surface area contributed by atoms with Crippen molar-refractivity contribution in [1.29, 1.82) is 0 Å². The number of hydrogen-bond donors (Lipinski definition) is 0. The van der Waals surface area contributed by atoms with E-state index in [1.165, 1.54) is 70.6 Å². The van der Waals surface area contributed by atoms with E-state index in [1.807, 2.05) is 0 Å². The summed E-state index contributed by atoms with van der Waals surface area (Å²) < 4.78 is 0. The molecule has 0 bridgehead atoms. The van der Waals surface area contributed by atoms with E-state index in [2.05, 4.69) is 6.92 Å². The minimum atomic E-state index is 0.772. The van der Waals surface area contributed by atoms with Gasteiger partial charge in [-0.2, -0.15) is 0 Å². The third-order valence-electron chi connectivity index (χ3n) is 4.68. The van der Waals surface area contributed by atoms with Crippen molar-refractivity contribution in [2.24, 2.45) is 17.8 Å². The standard InChI is InChI=1S/C15H27/c1-13(15-10-6-3-7-11-15)12-14-8-4-2-5-9-14/h13-15H,1-12H2. The van der Waals surface area contributed by atoms with E-state index in [4.69, 9.17) is 0 Å². The van der Waals surface area contributed by atoms with Crippen LogP contribution >= 0.6 is 0 Å². The van der Waals surface area contributed by atoms with E-state index in [0.717, 1.165) is 17.8 Å². The molecule has 0 nitrogen and oxygen atoms in total. The Balaban J connectivity index is 1.72. The fraction of sp³-hybridized carbons (Fsp3) is 0.933. The van der Waals surface area contributed by atoms with Crippen LogP contribution in [0.3, 0.4) is 0 Å². The van der Waals surface area contributed by atoms with Crippen LogP contribution in [0.25, 0.3) is 0 Å². The van der Waals surface area contributed by atoms with Gasteiger partial charge >= 0.3 is 0 Å². The van der Waals surface area contributed by atoms with E-state index in [0.29, 0.717) is 0 Å². The summed E-state index contributed by atoms with van der Waals surface area (Å²) in [5.74, 6) is 2.78. The summed E-state index contributed by atoms with van der Waals surface area (Å²) in [6.45, 7) is 4.46. The van der Waals surface area contributed by atoms with Gasteiger partial charge in [-0.1, -0.05) is 64.2 Å². The van der Waals surface area contributed by atoms with E-state index in [-0.39, 0.29) is 0 Å². The van der Waals surface area contributed by atoms with Crippen LogP contribution in [0, 0.1) is 24.7 Å². The average molecular weight is 207 g/mol. The Hall–Kier alpha value is 0. The Kier molecular flexibility index (Phi) is 4.53. The lowest BCUT2D eigenvalue weighted by atomic mass is 9.74. The van der Waals surface area contributed by atoms with Gasteiger partial charge in [-0.3, -0.25) is 0 Å². The molecule has 0 spiro atoms. The van der Waals surface area contributed by atoms with Crippen molar-refractivity contribution in [1.82, 2.24) is 0 Å². The van der Waals surface area contributed by atoms with Gasteiger partial charge in [0, 0.05) is 0 Å². The van der Waals surface area contributed by atoms with Gasteiger partial charge in [0.2, 0.25) is 0 Å². The van der Waals surface area contributed by atoms with E-state index in [1.54, 1.807) is 0 Å². The molecule has 87 valence electrons. The molecule has 0 aromatic carbocycles. The fourth-order valence-corrected chi connectivity index (χ4v) is 3.65. The summed E-state index contributed by atoms with van der Waals surface area (Å²) >= 11 is 0. The second-order valence-corrected chi connectivity index (χ2v) is 5.90. The van der Waals surface area contributed by atoms with Crippen molar-refractivity contribution in [3.05, 3.63) is 6.92 Å². The van der Waals surface area contributed by atoms with Gasteiger partial charge in [0.25, 0.3) is 0 Å². The zero-order valence-corrected chi connectivity index (χ0v) is 10.2. The maximum atomic E-state index is 4.46. The molecule has 1 radical (unpaired) electrons. The first-order valence-corrected chi connectivity index (χ1v) is 7.19. The van der Waals surface area contributed by atoms with Crippen molar-refractivity contribution in [2.45, 2.75) is 70.6 Å². The molecule has 2 aliphatic carbocycles. The number of rotatable bonds is 3. The predicted molar refractivity (Wildman–Crippen MR) is 66.6 cm³/mol. The predicted octanol–water partition coefficient (Wildman–Crippen LogP) is 4.99. The molecule has 0 heteroatoms. The highest BCUT2D eigenvalue weighted by Gasteiger charge is 2.23. The molecule has 15 heavy (non-hydrogen) atoms. The zero-order chi connectivity index (χ0) is 10.5. The maximum absolute atomic E-state index is 4.46. The van der Waals surface area contributed by atoms with Crippen LogP contribution in [0.4, 0.5) is 0 Å². The molecule has 0 heterocycles. The molecular formula is C15H27. The van der Waals surface area contributed by atoms with Crippen molar-refractivity contribution in [2.75, 3.05) is 0 Å². The zero-order valence-electron chi connectivity index (χ0n) is 10.2. The number of hydrogen-bond acceptors (Lipinski definition) is 0. The van der Waals surface area contributed by atoms with Crippen molar-refractivity contribution in [3.63, 3.8) is 0 Å². The van der Waals surface area contributed by atoms with Gasteiger partial charge in [-0.25, -0.2) is 0 Å². The summed E-state index contributed by atoms with van der Waals surface area (Å²) in [7, 11) is 0. The largest absolute Gasteiger partial charge is 0.0533 e. The Bertz CT molecular complexity index is 161. The Morgan fingerprint density at radius 3 is 1.93 bits per heavy atom. The molecule has 2 fully saturated rings. The van der Waals surface area contributed by atoms with Crippen LogP contribution in [0.2, 0.25) is 0 Å². The molecule has 1 unspecified atom stereocenters. The molecule has 0 aliphatic heterocycles. The highest BCUT2D eigenvalue weighted by Crippen LogP contribution is 2.36. The molecule has 0 aromatic heterocycles. The van der Waals surface area contributed by atoms with Crippen molar-refractivity contribution < 1.29 is 0 Å². The van der Waals surface area contributed by atoms with Crippen LogP contribution in [0.15, 0.2) is 0 Å². The lowest BCUT2D eigenvalue weighted by Crippen LogP contribution is -2.19. The molecule has 0 aromatic rings. The molecule has 2 rings (SSSR count). The minimum Gasteiger partial charge on any atom is -0.0533 e. The van der Waals surface area contributed by atoms with Gasteiger partial charge in [0.05, 0.1) is 0 Å². The topological polar surface area (TPSA) is 0 Å². The molecular weight excluding hydrogens is 180 g/mol. The van der Waals surface area contributed by atoms with Crippen LogP contribution in [-0.2, 0) is 0 Å². The monoisotopic (exact) mass is 207 g/mol. The molecule has 1 atom stereocenters. The van der Waals surface area contributed by atoms with Crippen molar-refractivity contribution in [3.8, 4) is 0 Å². The van der Waals surface area contributed by atoms with Crippen LogP contribution in [0.1, 0.15) is 70.6 Å². The Labute approximate surface area is 95.8 Å². The Morgan fingerprint density at radius 2 is 1.33 bits per heavy atom. The van der Waals surface area contributed by atoms with Crippen LogP contribution < -0.4 is 0 Å². The molecule has 2 aliphatic rings. The molecule has 0 amide bonds. The third-order valence-corrected chi connectivity index (χ3v) is 4.68. The molecule has 2 saturated carbocycles. The highest BCUT2D eigenvalue weighted by molar-refractivity contribution is 4.79. The first-order chi connectivity index (χ1) is 7.36. The second kappa shape index (κ2) is 5.92. The summed E-state index contributed by atoms with van der Waals surface area (Å²) in [4.78, 5) is 0. The summed E-state index contributed by atoms with van der Waals surface area (Å²) in [6, 6.07) is 0. The Morgan fingerprint density at radius 1 is 0.800 bits per heavy atom. The van der Waals surface area contributed by atoms with Gasteiger partial charge in [-0.15, -0.1) is 0 Å².